The second kappa shape index (κ2) is 28.9. The van der Waals surface area contributed by atoms with Crippen molar-refractivity contribution in [2.45, 2.75) is 56.8 Å². The zero-order valence-electron chi connectivity index (χ0n) is 60.9. The van der Waals surface area contributed by atoms with Crippen molar-refractivity contribution in [2.24, 2.45) is 0 Å². The predicted molar refractivity (Wildman–Crippen MR) is 455 cm³/mol. The fourth-order valence-corrected chi connectivity index (χ4v) is 17.9. The van der Waals surface area contributed by atoms with E-state index >= 15 is 0 Å². The highest BCUT2D eigenvalue weighted by Gasteiger charge is 2.55. The minimum atomic E-state index is -1.52. The molecule has 9 heteroatoms. The summed E-state index contributed by atoms with van der Waals surface area (Å²) in [6, 6.07) is 128. The molecular weight excluding hydrogens is 1360 g/mol. The van der Waals surface area contributed by atoms with E-state index in [1.165, 1.54) is 94.6 Å². The Kier molecular flexibility index (Phi) is 18.9. The lowest BCUT2D eigenvalue weighted by atomic mass is 9.55. The van der Waals surface area contributed by atoms with Gasteiger partial charge in [0.2, 0.25) is 0 Å². The maximum atomic E-state index is 9.48. The summed E-state index contributed by atoms with van der Waals surface area (Å²) in [5.41, 5.74) is 32.7. The lowest BCUT2D eigenvalue weighted by Crippen LogP contribution is -2.40. The van der Waals surface area contributed by atoms with E-state index in [1.54, 1.807) is 18.2 Å². The van der Waals surface area contributed by atoms with E-state index < -0.39 is 12.5 Å². The molecule has 4 aliphatic rings. The van der Waals surface area contributed by atoms with Crippen LogP contribution in [0.15, 0.2) is 364 Å². The van der Waals surface area contributed by atoms with Crippen LogP contribution in [0.4, 0.5) is 0 Å². The monoisotopic (exact) mass is 1440 g/mol. The highest BCUT2D eigenvalue weighted by molar-refractivity contribution is 6.58. The van der Waals surface area contributed by atoms with Crippen molar-refractivity contribution < 1.29 is 10.0 Å². The number of aromatic nitrogens is 4. The number of nitrogens with zero attached hydrogens (tertiary/aromatic N) is 4. The lowest BCUT2D eigenvalue weighted by Gasteiger charge is -2.46. The molecule has 16 aromatic rings. The van der Waals surface area contributed by atoms with Gasteiger partial charge in [-0.1, -0.05) is 374 Å². The summed E-state index contributed by atoms with van der Waals surface area (Å²) >= 11 is 6.46. The van der Waals surface area contributed by atoms with Gasteiger partial charge in [-0.05, 0) is 148 Å². The van der Waals surface area contributed by atoms with E-state index in [0.717, 1.165) is 72.6 Å². The zero-order valence-corrected chi connectivity index (χ0v) is 61.6. The normalized spacial score (nSPS) is 13.7. The predicted octanol–water partition coefficient (Wildman–Crippen LogP) is 22.9. The molecule has 0 saturated carbocycles. The second-order valence-electron chi connectivity index (χ2n) is 29.4. The minimum Gasteiger partial charge on any atom is -0.423 e. The molecule has 3 radical (unpaired) electrons. The van der Waals surface area contributed by atoms with Crippen molar-refractivity contribution in [2.75, 3.05) is 0 Å². The van der Waals surface area contributed by atoms with Crippen molar-refractivity contribution in [3.63, 3.8) is 0 Å². The van der Waals surface area contributed by atoms with Gasteiger partial charge < -0.3 is 10.0 Å². The molecule has 2 aromatic heterocycles. The van der Waals surface area contributed by atoms with E-state index in [4.69, 9.17) is 31.5 Å². The van der Waals surface area contributed by atoms with Gasteiger partial charge in [-0.2, -0.15) is 0 Å². The summed E-state index contributed by atoms with van der Waals surface area (Å²) in [7, 11) is -1.52. The van der Waals surface area contributed by atoms with E-state index in [1.807, 2.05) is 103 Å². The summed E-state index contributed by atoms with van der Waals surface area (Å²) in [5, 5.41) is 19.8. The molecule has 0 unspecified atom stereocenters. The third kappa shape index (κ3) is 11.9. The summed E-state index contributed by atoms with van der Waals surface area (Å²) in [6.45, 7) is 9.44. The SMILES string of the molecule is C.CC1(C)c2ccccc2C2(c3ccccc3-c3cc(-c4cccc(-c5cc(-c6ccccc6)nc(-c6ccccc6)n5)c4)ccc32)c2ccccc21.CC1(C)c2ccccc2C2(c3ccccc3-c3cc(Cl)ccc32)c2ccccc21.OB(O)c1cccc(-c2cc(-c3ccccc3)nc(-c3ccccc3)n2)c1.[B]. The Morgan fingerprint density at radius 2 is 0.536 bits per heavy atom. The van der Waals surface area contributed by atoms with Crippen LogP contribution in [0.5, 0.6) is 0 Å². The minimum absolute atomic E-state index is 0. The van der Waals surface area contributed by atoms with Crippen LogP contribution in [0.2, 0.25) is 5.02 Å². The van der Waals surface area contributed by atoms with Gasteiger partial charge in [0.1, 0.15) is 0 Å². The van der Waals surface area contributed by atoms with Crippen molar-refractivity contribution in [1.29, 1.82) is 0 Å². The molecule has 0 aliphatic heterocycles. The Hall–Kier alpha value is -12.4. The van der Waals surface area contributed by atoms with E-state index in [-0.39, 0.29) is 32.1 Å². The second-order valence-corrected chi connectivity index (χ2v) is 29.9. The van der Waals surface area contributed by atoms with Gasteiger partial charge in [-0.25, -0.2) is 19.9 Å². The van der Waals surface area contributed by atoms with Crippen LogP contribution in [0.1, 0.15) is 102 Å². The van der Waals surface area contributed by atoms with Crippen LogP contribution in [0.3, 0.4) is 0 Å². The molecule has 14 aromatic carbocycles. The molecule has 110 heavy (non-hydrogen) atoms. The molecule has 2 spiro atoms. The Bertz CT molecular complexity index is 5930. The van der Waals surface area contributed by atoms with Gasteiger partial charge in [0.05, 0.1) is 33.6 Å². The fourth-order valence-electron chi connectivity index (χ4n) is 17.7. The molecule has 0 saturated heterocycles. The smallest absolute Gasteiger partial charge is 0.423 e. The van der Waals surface area contributed by atoms with Crippen molar-refractivity contribution >= 4 is 32.6 Å². The number of benzene rings is 14. The average Bonchev–Trinajstić information content (AvgIpc) is 1.50. The first-order valence-electron chi connectivity index (χ1n) is 36.9. The third-order valence-electron chi connectivity index (χ3n) is 22.7. The van der Waals surface area contributed by atoms with Gasteiger partial charge >= 0.3 is 7.12 Å². The number of fused-ring (bicyclic) bond motifs is 18. The quantitative estimate of drug-likeness (QED) is 0.147. The molecule has 0 bridgehead atoms. The molecule has 4 aliphatic carbocycles. The third-order valence-corrected chi connectivity index (χ3v) is 22.9. The van der Waals surface area contributed by atoms with E-state index in [2.05, 4.69) is 270 Å². The van der Waals surface area contributed by atoms with Crippen LogP contribution >= 0.6 is 11.6 Å². The van der Waals surface area contributed by atoms with Crippen LogP contribution in [0, 0.1) is 0 Å². The molecule has 0 atom stereocenters. The average molecular weight is 1440 g/mol. The Morgan fingerprint density at radius 1 is 0.245 bits per heavy atom. The van der Waals surface area contributed by atoms with Gasteiger partial charge in [0.25, 0.3) is 0 Å². The number of hydrogen-bond acceptors (Lipinski definition) is 6. The van der Waals surface area contributed by atoms with Gasteiger partial charge in [-0.3, -0.25) is 0 Å². The molecule has 6 nitrogen and oxygen atoms in total. The number of hydrogen-bond donors (Lipinski definition) is 2. The van der Waals surface area contributed by atoms with Crippen molar-refractivity contribution in [3.8, 4) is 101 Å². The van der Waals surface area contributed by atoms with Crippen LogP contribution in [-0.2, 0) is 21.7 Å². The molecule has 2 heterocycles. The maximum absolute atomic E-state index is 9.48. The highest BCUT2D eigenvalue weighted by atomic mass is 35.5. The van der Waals surface area contributed by atoms with Crippen LogP contribution in [-0.4, -0.2) is 45.5 Å². The Labute approximate surface area is 652 Å². The molecule has 2 N–H and O–H groups in total. The molecule has 0 fully saturated rings. The molecule has 20 rings (SSSR count). The zero-order chi connectivity index (χ0) is 73.3. The summed E-state index contributed by atoms with van der Waals surface area (Å²) in [4.78, 5) is 19.6. The summed E-state index contributed by atoms with van der Waals surface area (Å²) in [6.07, 6.45) is 0. The highest BCUT2D eigenvalue weighted by Crippen LogP contribution is 2.64. The first-order chi connectivity index (χ1) is 52.8. The summed E-state index contributed by atoms with van der Waals surface area (Å²) < 4.78 is 0. The first kappa shape index (κ1) is 71.8. The molecular formula is C101H78B2ClN4O2. The number of rotatable bonds is 8. The topological polar surface area (TPSA) is 92.0 Å². The van der Waals surface area contributed by atoms with Gasteiger partial charge in [0, 0.05) is 52.1 Å². The van der Waals surface area contributed by atoms with Gasteiger partial charge in [-0.15, -0.1) is 0 Å². The van der Waals surface area contributed by atoms with Crippen molar-refractivity contribution in [1.82, 2.24) is 19.9 Å². The summed E-state index contributed by atoms with van der Waals surface area (Å²) in [5.74, 6) is 1.35. The molecule has 0 amide bonds. The number of halogens is 1. The molecule has 527 valence electrons. The van der Waals surface area contributed by atoms with E-state index in [0.29, 0.717) is 11.3 Å². The lowest BCUT2D eigenvalue weighted by molar-refractivity contribution is 0.426. The Morgan fingerprint density at radius 3 is 0.945 bits per heavy atom. The van der Waals surface area contributed by atoms with E-state index in [9.17, 15) is 10.0 Å². The first-order valence-corrected chi connectivity index (χ1v) is 37.3. The van der Waals surface area contributed by atoms with Crippen molar-refractivity contribution in [3.05, 3.63) is 436 Å². The largest absolute Gasteiger partial charge is 0.488 e. The van der Waals surface area contributed by atoms with Crippen LogP contribution < -0.4 is 5.46 Å². The maximum Gasteiger partial charge on any atom is 0.488 e. The fraction of sp³-hybridized carbons (Fsp3) is 0.0891. The standard InChI is InChI=1S/C50H36N2.C28H21Cl.C22H17BN2O2.CH4.B/c1-49(2)42-24-11-13-26-44(42)50(45-27-14-12-25-43(45)49)40-23-10-9-22-38(40)39-31-36(28-29-41(39)50)35-20-15-21-37(30-35)47-32-46(33-16-5-3-6-17-33)51-48(52-47)34-18-7-4-8-19-34;1-27(2)23-11-5-7-13-25(23)28(26-14-8-6-12-24(26)27)21-10-4-3-9-19(21)20-17-18(29)15-16-22(20)28;26-23(27)19-13-7-12-18(14-19)21-15-20(16-8-3-1-4-9-16)24-22(25-21)17-10-5-2-6-11-17;;/h3-32H,1-2H3;3-17H,1-2H3;1-15,26-27H;1H4;. The van der Waals surface area contributed by atoms with Gasteiger partial charge in [0.15, 0.2) is 11.6 Å². The Balaban J connectivity index is 0.000000135. The van der Waals surface area contributed by atoms with Crippen LogP contribution in [0.25, 0.3) is 101 Å².